The Morgan fingerprint density at radius 3 is 2.53 bits per heavy atom. The van der Waals surface area contributed by atoms with Crippen LogP contribution in [0.4, 0.5) is 5.69 Å². The average Bonchev–Trinajstić information content (AvgIpc) is 2.78. The molecule has 0 bridgehead atoms. The monoisotopic (exact) mass is 409 g/mol. The number of aliphatic hydroxyl groups is 1. The van der Waals surface area contributed by atoms with E-state index in [1.54, 1.807) is 19.3 Å². The van der Waals surface area contributed by atoms with Gasteiger partial charge in [-0.1, -0.05) is 25.5 Å². The molecule has 1 aliphatic heterocycles. The summed E-state index contributed by atoms with van der Waals surface area (Å²) in [6, 6.07) is 13.3. The number of carbonyl (C=O) groups is 1. The van der Waals surface area contributed by atoms with Crippen molar-refractivity contribution < 1.29 is 19.4 Å². The lowest BCUT2D eigenvalue weighted by molar-refractivity contribution is 0.104. The third-order valence-electron chi connectivity index (χ3n) is 5.35. The SMILES string of the molecule is CCCCOc1ccc(/C=C/C(=O)c2ccc(N3CCC(O)CC3)cc2)cc1OC. The fraction of sp³-hybridized carbons (Fsp3) is 0.400. The number of nitrogens with zero attached hydrogens (tertiary/aromatic N) is 1. The first-order valence-electron chi connectivity index (χ1n) is 10.7. The quantitative estimate of drug-likeness (QED) is 0.369. The van der Waals surface area contributed by atoms with E-state index >= 15 is 0 Å². The normalized spacial score (nSPS) is 14.8. The Morgan fingerprint density at radius 2 is 1.87 bits per heavy atom. The van der Waals surface area contributed by atoms with Crippen molar-refractivity contribution in [2.45, 2.75) is 38.7 Å². The zero-order valence-corrected chi connectivity index (χ0v) is 17.8. The predicted octanol–water partition coefficient (Wildman–Crippen LogP) is 4.73. The highest BCUT2D eigenvalue weighted by atomic mass is 16.5. The Labute approximate surface area is 178 Å². The number of hydrogen-bond acceptors (Lipinski definition) is 5. The molecule has 5 nitrogen and oxygen atoms in total. The number of aliphatic hydroxyl groups excluding tert-OH is 1. The van der Waals surface area contributed by atoms with Gasteiger partial charge in [0.15, 0.2) is 17.3 Å². The number of benzene rings is 2. The number of allylic oxidation sites excluding steroid dienone is 1. The molecular weight excluding hydrogens is 378 g/mol. The van der Waals surface area contributed by atoms with Crippen LogP contribution in [-0.4, -0.2) is 43.8 Å². The summed E-state index contributed by atoms with van der Waals surface area (Å²) in [5, 5.41) is 9.65. The average molecular weight is 410 g/mol. The summed E-state index contributed by atoms with van der Waals surface area (Å²) < 4.78 is 11.2. The lowest BCUT2D eigenvalue weighted by atomic mass is 10.1. The molecule has 1 heterocycles. The highest BCUT2D eigenvalue weighted by molar-refractivity contribution is 6.07. The van der Waals surface area contributed by atoms with E-state index in [1.165, 1.54) is 0 Å². The van der Waals surface area contributed by atoms with Crippen LogP contribution in [0.2, 0.25) is 0 Å². The number of ether oxygens (including phenoxy) is 2. The van der Waals surface area contributed by atoms with Crippen LogP contribution in [0.1, 0.15) is 48.5 Å². The molecule has 0 spiro atoms. The van der Waals surface area contributed by atoms with E-state index in [0.29, 0.717) is 17.9 Å². The molecule has 160 valence electrons. The minimum atomic E-state index is -0.192. The van der Waals surface area contributed by atoms with Gasteiger partial charge >= 0.3 is 0 Å². The van der Waals surface area contributed by atoms with Crippen LogP contribution >= 0.6 is 0 Å². The predicted molar refractivity (Wildman–Crippen MR) is 121 cm³/mol. The Kier molecular flexibility index (Phi) is 7.91. The highest BCUT2D eigenvalue weighted by Crippen LogP contribution is 2.29. The van der Waals surface area contributed by atoms with Gasteiger partial charge in [0.2, 0.25) is 0 Å². The van der Waals surface area contributed by atoms with Crippen molar-refractivity contribution >= 4 is 17.5 Å². The van der Waals surface area contributed by atoms with Gasteiger partial charge in [-0.2, -0.15) is 0 Å². The molecule has 0 aromatic heterocycles. The fourth-order valence-corrected chi connectivity index (χ4v) is 3.46. The van der Waals surface area contributed by atoms with Crippen molar-refractivity contribution in [3.05, 3.63) is 59.7 Å². The van der Waals surface area contributed by atoms with E-state index in [2.05, 4.69) is 11.8 Å². The number of hydrogen-bond donors (Lipinski definition) is 1. The van der Waals surface area contributed by atoms with Gasteiger partial charge in [-0.05, 0) is 67.3 Å². The van der Waals surface area contributed by atoms with Crippen LogP contribution in [-0.2, 0) is 0 Å². The summed E-state index contributed by atoms with van der Waals surface area (Å²) in [6.07, 6.45) is 6.83. The van der Waals surface area contributed by atoms with Crippen molar-refractivity contribution in [2.75, 3.05) is 31.7 Å². The van der Waals surface area contributed by atoms with E-state index in [0.717, 1.165) is 55.8 Å². The molecule has 1 fully saturated rings. The van der Waals surface area contributed by atoms with Gasteiger partial charge in [-0.3, -0.25) is 4.79 Å². The maximum absolute atomic E-state index is 12.6. The summed E-state index contributed by atoms with van der Waals surface area (Å²) in [6.45, 7) is 4.47. The summed E-state index contributed by atoms with van der Waals surface area (Å²) in [4.78, 5) is 14.8. The minimum Gasteiger partial charge on any atom is -0.493 e. The van der Waals surface area contributed by atoms with E-state index in [-0.39, 0.29) is 11.9 Å². The first kappa shape index (κ1) is 21.9. The van der Waals surface area contributed by atoms with Crippen molar-refractivity contribution in [1.29, 1.82) is 0 Å². The van der Waals surface area contributed by atoms with Crippen molar-refractivity contribution in [2.24, 2.45) is 0 Å². The van der Waals surface area contributed by atoms with Crippen LogP contribution in [0.15, 0.2) is 48.5 Å². The fourth-order valence-electron chi connectivity index (χ4n) is 3.46. The third kappa shape index (κ3) is 5.86. The lowest BCUT2D eigenvalue weighted by Gasteiger charge is -2.31. The van der Waals surface area contributed by atoms with Gasteiger partial charge in [-0.15, -0.1) is 0 Å². The number of anilines is 1. The molecular formula is C25H31NO4. The van der Waals surface area contributed by atoms with Gasteiger partial charge in [0.05, 0.1) is 19.8 Å². The number of methoxy groups -OCH3 is 1. The molecule has 30 heavy (non-hydrogen) atoms. The van der Waals surface area contributed by atoms with Crippen molar-refractivity contribution in [3.63, 3.8) is 0 Å². The topological polar surface area (TPSA) is 59.0 Å². The molecule has 1 aliphatic rings. The maximum atomic E-state index is 12.6. The van der Waals surface area contributed by atoms with E-state index in [9.17, 15) is 9.90 Å². The van der Waals surface area contributed by atoms with Gasteiger partial charge in [-0.25, -0.2) is 0 Å². The molecule has 0 unspecified atom stereocenters. The number of ketones is 1. The summed E-state index contributed by atoms with van der Waals surface area (Å²) in [5.41, 5.74) is 2.62. The van der Waals surface area contributed by atoms with Gasteiger partial charge in [0.25, 0.3) is 0 Å². The largest absolute Gasteiger partial charge is 0.493 e. The van der Waals surface area contributed by atoms with E-state index in [4.69, 9.17) is 9.47 Å². The number of piperidine rings is 1. The standard InChI is InChI=1S/C25H31NO4/c1-3-4-17-30-24-12-6-19(18-25(24)29-2)5-11-23(28)20-7-9-21(10-8-20)26-15-13-22(27)14-16-26/h5-12,18,22,27H,3-4,13-17H2,1-2H3/b11-5+. The molecule has 2 aromatic rings. The molecule has 0 aliphatic carbocycles. The molecule has 1 saturated heterocycles. The molecule has 0 atom stereocenters. The first-order valence-corrected chi connectivity index (χ1v) is 10.7. The Hall–Kier alpha value is -2.79. The van der Waals surface area contributed by atoms with Gasteiger partial charge in [0.1, 0.15) is 0 Å². The molecule has 5 heteroatoms. The summed E-state index contributed by atoms with van der Waals surface area (Å²) in [5.74, 6) is 1.34. The molecule has 3 rings (SSSR count). The Bertz CT molecular complexity index is 852. The second-order valence-electron chi connectivity index (χ2n) is 7.57. The van der Waals surface area contributed by atoms with Crippen molar-refractivity contribution in [3.8, 4) is 11.5 Å². The van der Waals surface area contributed by atoms with Crippen LogP contribution < -0.4 is 14.4 Å². The second kappa shape index (κ2) is 10.8. The maximum Gasteiger partial charge on any atom is 0.185 e. The molecule has 0 amide bonds. The van der Waals surface area contributed by atoms with Crippen LogP contribution in [0.25, 0.3) is 6.08 Å². The van der Waals surface area contributed by atoms with Crippen LogP contribution in [0.3, 0.4) is 0 Å². The number of rotatable bonds is 9. The molecule has 0 radical (unpaired) electrons. The van der Waals surface area contributed by atoms with E-state index in [1.807, 2.05) is 42.5 Å². The van der Waals surface area contributed by atoms with Gasteiger partial charge < -0.3 is 19.5 Å². The smallest absolute Gasteiger partial charge is 0.185 e. The van der Waals surface area contributed by atoms with E-state index < -0.39 is 0 Å². The van der Waals surface area contributed by atoms with Gasteiger partial charge in [0, 0.05) is 24.3 Å². The molecule has 1 N–H and O–H groups in total. The Balaban J connectivity index is 1.62. The Morgan fingerprint density at radius 1 is 1.13 bits per heavy atom. The molecule has 2 aromatic carbocycles. The van der Waals surface area contributed by atoms with Crippen molar-refractivity contribution in [1.82, 2.24) is 0 Å². The second-order valence-corrected chi connectivity index (χ2v) is 7.57. The zero-order chi connectivity index (χ0) is 21.3. The van der Waals surface area contributed by atoms with Crippen LogP contribution in [0, 0.1) is 0 Å². The van der Waals surface area contributed by atoms with Crippen LogP contribution in [0.5, 0.6) is 11.5 Å². The molecule has 0 saturated carbocycles. The summed E-state index contributed by atoms with van der Waals surface area (Å²) >= 11 is 0. The number of carbonyl (C=O) groups excluding carboxylic acids is 1. The third-order valence-corrected chi connectivity index (χ3v) is 5.35. The number of unbranched alkanes of at least 4 members (excludes halogenated alkanes) is 1. The summed E-state index contributed by atoms with van der Waals surface area (Å²) in [7, 11) is 1.62. The highest BCUT2D eigenvalue weighted by Gasteiger charge is 2.17. The lowest BCUT2D eigenvalue weighted by Crippen LogP contribution is -2.35. The zero-order valence-electron chi connectivity index (χ0n) is 17.8. The first-order chi connectivity index (χ1) is 14.6. The minimum absolute atomic E-state index is 0.0437.